The number of nitro groups is 1. The zero-order chi connectivity index (χ0) is 22.3. The van der Waals surface area contributed by atoms with Gasteiger partial charge in [-0.15, -0.1) is 0 Å². The van der Waals surface area contributed by atoms with E-state index >= 15 is 0 Å². The minimum Gasteiger partial charge on any atom is -0.462 e. The summed E-state index contributed by atoms with van der Waals surface area (Å²) in [5.41, 5.74) is -0.385. The van der Waals surface area contributed by atoms with Crippen molar-refractivity contribution >= 4 is 23.7 Å². The summed E-state index contributed by atoms with van der Waals surface area (Å²) in [5.74, 6) is -0.951. The number of ether oxygens (including phenoxy) is 2. The van der Waals surface area contributed by atoms with E-state index in [-0.39, 0.29) is 35.9 Å². The van der Waals surface area contributed by atoms with Crippen LogP contribution < -0.4 is 0 Å². The van der Waals surface area contributed by atoms with Gasteiger partial charge in [-0.2, -0.15) is 0 Å². The highest BCUT2D eigenvalue weighted by molar-refractivity contribution is 5.99. The Morgan fingerprint density at radius 1 is 1.03 bits per heavy atom. The molecule has 0 radical (unpaired) electrons. The second kappa shape index (κ2) is 10.6. The van der Waals surface area contributed by atoms with Crippen LogP contribution in [0.15, 0.2) is 18.2 Å². The summed E-state index contributed by atoms with van der Waals surface area (Å²) in [5, 5.41) is 11.2. The number of non-ortho nitro benzene ring substituents is 1. The third kappa shape index (κ3) is 6.16. The lowest BCUT2D eigenvalue weighted by atomic mass is 10.1. The molecule has 0 aliphatic carbocycles. The first-order valence-corrected chi connectivity index (χ1v) is 9.90. The van der Waals surface area contributed by atoms with Crippen molar-refractivity contribution in [1.82, 2.24) is 9.80 Å². The summed E-state index contributed by atoms with van der Waals surface area (Å²) in [6, 6.07) is 3.53. The smallest absolute Gasteiger partial charge is 0.409 e. The van der Waals surface area contributed by atoms with Gasteiger partial charge in [0, 0.05) is 43.9 Å². The zero-order valence-electron chi connectivity index (χ0n) is 17.5. The van der Waals surface area contributed by atoms with Gasteiger partial charge < -0.3 is 19.3 Å². The first-order valence-electron chi connectivity index (χ1n) is 9.90. The largest absolute Gasteiger partial charge is 0.462 e. The molecule has 1 aromatic rings. The van der Waals surface area contributed by atoms with Gasteiger partial charge in [0.1, 0.15) is 0 Å². The number of carbonyl (C=O) groups is 3. The number of amides is 2. The maximum Gasteiger partial charge on any atom is 0.409 e. The fourth-order valence-corrected chi connectivity index (χ4v) is 2.99. The van der Waals surface area contributed by atoms with E-state index in [1.165, 1.54) is 11.0 Å². The molecule has 2 amide bonds. The molecule has 2 rings (SSSR count). The normalized spacial score (nSPS) is 14.3. The van der Waals surface area contributed by atoms with Crippen LogP contribution in [0.5, 0.6) is 0 Å². The van der Waals surface area contributed by atoms with Crippen LogP contribution >= 0.6 is 0 Å². The number of rotatable bonds is 6. The van der Waals surface area contributed by atoms with Crippen LogP contribution in [0.3, 0.4) is 0 Å². The number of hydrogen-bond acceptors (Lipinski definition) is 7. The summed E-state index contributed by atoms with van der Waals surface area (Å²) < 4.78 is 10.1. The molecule has 10 nitrogen and oxygen atoms in total. The summed E-state index contributed by atoms with van der Waals surface area (Å²) in [4.78, 5) is 50.8. The minimum absolute atomic E-state index is 0.0306. The van der Waals surface area contributed by atoms with Gasteiger partial charge in [-0.25, -0.2) is 9.59 Å². The summed E-state index contributed by atoms with van der Waals surface area (Å²) >= 11 is 0. The van der Waals surface area contributed by atoms with Gasteiger partial charge in [0.15, 0.2) is 0 Å². The molecular formula is C20H27N3O7. The second-order valence-corrected chi connectivity index (χ2v) is 7.35. The van der Waals surface area contributed by atoms with Crippen molar-refractivity contribution in [3.8, 4) is 0 Å². The van der Waals surface area contributed by atoms with E-state index in [0.717, 1.165) is 12.1 Å². The van der Waals surface area contributed by atoms with E-state index in [1.807, 2.05) is 13.8 Å². The van der Waals surface area contributed by atoms with Crippen molar-refractivity contribution in [3.05, 3.63) is 39.4 Å². The summed E-state index contributed by atoms with van der Waals surface area (Å²) in [7, 11) is 0. The molecule has 0 atom stereocenters. The molecule has 0 N–H and O–H groups in total. The molecule has 0 bridgehead atoms. The van der Waals surface area contributed by atoms with Crippen LogP contribution in [-0.4, -0.2) is 72.1 Å². The van der Waals surface area contributed by atoms with Crippen LogP contribution in [0.4, 0.5) is 10.5 Å². The van der Waals surface area contributed by atoms with E-state index < -0.39 is 22.9 Å². The highest BCUT2D eigenvalue weighted by atomic mass is 16.6. The van der Waals surface area contributed by atoms with Crippen molar-refractivity contribution in [3.63, 3.8) is 0 Å². The molecule has 1 aliphatic heterocycles. The zero-order valence-corrected chi connectivity index (χ0v) is 17.5. The highest BCUT2D eigenvalue weighted by Gasteiger charge is 2.26. The van der Waals surface area contributed by atoms with E-state index in [1.54, 1.807) is 11.8 Å². The molecule has 1 aromatic carbocycles. The van der Waals surface area contributed by atoms with Gasteiger partial charge in [-0.05, 0) is 25.3 Å². The fourth-order valence-electron chi connectivity index (χ4n) is 2.99. The molecule has 1 saturated heterocycles. The number of nitrogens with zero attached hydrogens (tertiary/aromatic N) is 3. The highest BCUT2D eigenvalue weighted by Crippen LogP contribution is 2.20. The van der Waals surface area contributed by atoms with E-state index in [0.29, 0.717) is 32.7 Å². The molecule has 0 aromatic heterocycles. The van der Waals surface area contributed by atoms with Crippen LogP contribution in [-0.2, 0) is 9.47 Å². The maximum absolute atomic E-state index is 13.0. The number of carbonyl (C=O) groups excluding carboxylic acids is 3. The molecule has 0 saturated carbocycles. The van der Waals surface area contributed by atoms with E-state index in [9.17, 15) is 24.5 Å². The minimum atomic E-state index is -0.731. The number of benzene rings is 1. The summed E-state index contributed by atoms with van der Waals surface area (Å²) in [6.07, 6.45) is 0.125. The van der Waals surface area contributed by atoms with E-state index in [2.05, 4.69) is 0 Å². The van der Waals surface area contributed by atoms with Crippen molar-refractivity contribution in [2.24, 2.45) is 5.92 Å². The van der Waals surface area contributed by atoms with Crippen LogP contribution in [0, 0.1) is 16.0 Å². The molecule has 164 valence electrons. The third-order valence-corrected chi connectivity index (χ3v) is 4.47. The Labute approximate surface area is 174 Å². The Hall–Kier alpha value is -3.17. The van der Waals surface area contributed by atoms with Gasteiger partial charge in [0.2, 0.25) is 0 Å². The van der Waals surface area contributed by atoms with Crippen LogP contribution in [0.25, 0.3) is 0 Å². The van der Waals surface area contributed by atoms with Crippen LogP contribution in [0.1, 0.15) is 47.9 Å². The summed E-state index contributed by atoms with van der Waals surface area (Å²) in [6.45, 7) is 7.32. The van der Waals surface area contributed by atoms with Gasteiger partial charge in [0.25, 0.3) is 11.6 Å². The number of nitro benzene ring substituents is 1. The average Bonchev–Trinajstić information content (AvgIpc) is 2.97. The van der Waals surface area contributed by atoms with Crippen LogP contribution in [0.2, 0.25) is 0 Å². The molecule has 0 unspecified atom stereocenters. The maximum atomic E-state index is 13.0. The Balaban J connectivity index is 2.15. The standard InChI is InChI=1S/C20H27N3O7/c1-4-29-19(25)16-10-15(11-17(12-16)23(27)28)18(24)21-6-5-7-22(9-8-21)20(26)30-13-14(2)3/h10-12,14H,4-9,13H2,1-3H3. The number of hydrogen-bond donors (Lipinski definition) is 0. The number of esters is 1. The molecule has 1 heterocycles. The Bertz CT molecular complexity index is 810. The monoisotopic (exact) mass is 421 g/mol. The predicted octanol–water partition coefficient (Wildman–Crippen LogP) is 2.71. The molecule has 1 aliphatic rings. The molecular weight excluding hydrogens is 394 g/mol. The third-order valence-electron chi connectivity index (χ3n) is 4.47. The van der Waals surface area contributed by atoms with Crippen molar-refractivity contribution < 1.29 is 28.8 Å². The lowest BCUT2D eigenvalue weighted by Gasteiger charge is -2.22. The second-order valence-electron chi connectivity index (χ2n) is 7.35. The van der Waals surface area contributed by atoms with Gasteiger partial charge in [-0.1, -0.05) is 13.8 Å². The van der Waals surface area contributed by atoms with E-state index in [4.69, 9.17) is 9.47 Å². The topological polar surface area (TPSA) is 119 Å². The fraction of sp³-hybridized carbons (Fsp3) is 0.550. The quantitative estimate of drug-likeness (QED) is 0.393. The SMILES string of the molecule is CCOC(=O)c1cc(C(=O)N2CCCN(C(=O)OCC(C)C)CC2)cc([N+](=O)[O-])c1. The van der Waals surface area contributed by atoms with Crippen molar-refractivity contribution in [2.75, 3.05) is 39.4 Å². The predicted molar refractivity (Wildman–Crippen MR) is 107 cm³/mol. The Morgan fingerprint density at radius 3 is 2.30 bits per heavy atom. The molecule has 30 heavy (non-hydrogen) atoms. The Morgan fingerprint density at radius 2 is 1.67 bits per heavy atom. The van der Waals surface area contributed by atoms with Gasteiger partial charge in [0.05, 0.1) is 23.7 Å². The van der Waals surface area contributed by atoms with Crippen molar-refractivity contribution in [2.45, 2.75) is 27.2 Å². The van der Waals surface area contributed by atoms with Gasteiger partial charge >= 0.3 is 12.1 Å². The molecule has 10 heteroatoms. The Kier molecular flexibility index (Phi) is 8.14. The first kappa shape index (κ1) is 23.1. The molecule has 1 fully saturated rings. The van der Waals surface area contributed by atoms with Crippen molar-refractivity contribution in [1.29, 1.82) is 0 Å². The van der Waals surface area contributed by atoms with Gasteiger partial charge in [-0.3, -0.25) is 14.9 Å². The lowest BCUT2D eigenvalue weighted by molar-refractivity contribution is -0.384. The first-order chi connectivity index (χ1) is 14.2. The average molecular weight is 421 g/mol. The molecule has 0 spiro atoms. The lowest BCUT2D eigenvalue weighted by Crippen LogP contribution is -2.38.